The van der Waals surface area contributed by atoms with E-state index >= 15 is 0 Å². The van der Waals surface area contributed by atoms with Crippen LogP contribution in [0.1, 0.15) is 24.8 Å². The van der Waals surface area contributed by atoms with E-state index in [9.17, 15) is 4.79 Å². The lowest BCUT2D eigenvalue weighted by molar-refractivity contribution is 0.159. The Morgan fingerprint density at radius 1 is 1.39 bits per heavy atom. The number of anilines is 1. The zero-order valence-electron chi connectivity index (χ0n) is 9.99. The molecule has 0 heterocycles. The van der Waals surface area contributed by atoms with Crippen molar-refractivity contribution in [2.24, 2.45) is 0 Å². The summed E-state index contributed by atoms with van der Waals surface area (Å²) in [6.45, 7) is 0.376. The number of nitrogens with one attached hydrogen (secondary N) is 1. The SMILES string of the molecule is N#Cc1cccc(NC(=O)OCCCCCCl)c1. The van der Waals surface area contributed by atoms with Crippen LogP contribution in [-0.2, 0) is 4.74 Å². The van der Waals surface area contributed by atoms with Crippen LogP contribution in [0.15, 0.2) is 24.3 Å². The van der Waals surface area contributed by atoms with E-state index in [-0.39, 0.29) is 0 Å². The molecule has 1 N–H and O–H groups in total. The van der Waals surface area contributed by atoms with Crippen LogP contribution in [-0.4, -0.2) is 18.6 Å². The van der Waals surface area contributed by atoms with E-state index in [2.05, 4.69) is 5.32 Å². The summed E-state index contributed by atoms with van der Waals surface area (Å²) in [5, 5.41) is 11.3. The first kappa shape index (κ1) is 14.3. The van der Waals surface area contributed by atoms with Crippen molar-refractivity contribution >= 4 is 23.4 Å². The van der Waals surface area contributed by atoms with Gasteiger partial charge in [-0.1, -0.05) is 6.07 Å². The molecule has 0 saturated heterocycles. The molecule has 0 aromatic heterocycles. The molecule has 0 aliphatic heterocycles. The summed E-state index contributed by atoms with van der Waals surface area (Å²) in [7, 11) is 0. The van der Waals surface area contributed by atoms with E-state index in [0.29, 0.717) is 23.7 Å². The molecule has 0 bridgehead atoms. The second-order valence-electron chi connectivity index (χ2n) is 3.70. The molecule has 0 aliphatic rings. The number of hydrogen-bond donors (Lipinski definition) is 1. The average Bonchev–Trinajstić information content (AvgIpc) is 2.38. The molecule has 1 aromatic rings. The molecule has 0 radical (unpaired) electrons. The van der Waals surface area contributed by atoms with Crippen molar-refractivity contribution in [3.8, 4) is 6.07 Å². The monoisotopic (exact) mass is 266 g/mol. The molecule has 1 rings (SSSR count). The minimum Gasteiger partial charge on any atom is -0.449 e. The molecule has 1 amide bonds. The van der Waals surface area contributed by atoms with Crippen LogP contribution in [0.3, 0.4) is 0 Å². The molecule has 0 atom stereocenters. The molecule has 0 spiro atoms. The number of ether oxygens (including phenoxy) is 1. The molecule has 0 aliphatic carbocycles. The van der Waals surface area contributed by atoms with Crippen LogP contribution in [0.2, 0.25) is 0 Å². The fourth-order valence-corrected chi connectivity index (χ4v) is 1.55. The number of nitriles is 1. The van der Waals surface area contributed by atoms with Gasteiger partial charge < -0.3 is 4.74 Å². The first-order valence-corrected chi connectivity index (χ1v) is 6.29. The molecule has 96 valence electrons. The predicted octanol–water partition coefficient (Wildman–Crippen LogP) is 3.52. The lowest BCUT2D eigenvalue weighted by Gasteiger charge is -2.06. The van der Waals surface area contributed by atoms with E-state index < -0.39 is 6.09 Å². The first-order valence-electron chi connectivity index (χ1n) is 5.76. The minimum absolute atomic E-state index is 0.376. The van der Waals surface area contributed by atoms with E-state index in [4.69, 9.17) is 21.6 Å². The summed E-state index contributed by atoms with van der Waals surface area (Å²) in [4.78, 5) is 11.4. The third kappa shape index (κ3) is 5.55. The number of benzene rings is 1. The smallest absolute Gasteiger partial charge is 0.411 e. The van der Waals surface area contributed by atoms with Crippen LogP contribution in [0.5, 0.6) is 0 Å². The highest BCUT2D eigenvalue weighted by Gasteiger charge is 2.03. The summed E-state index contributed by atoms with van der Waals surface area (Å²) in [5.74, 6) is 0.632. The number of rotatable bonds is 6. The van der Waals surface area contributed by atoms with Crippen LogP contribution >= 0.6 is 11.6 Å². The summed E-state index contributed by atoms with van der Waals surface area (Å²) in [6.07, 6.45) is 2.17. The number of carbonyl (C=O) groups excluding carboxylic acids is 1. The van der Waals surface area contributed by atoms with Crippen molar-refractivity contribution in [3.63, 3.8) is 0 Å². The zero-order valence-corrected chi connectivity index (χ0v) is 10.7. The largest absolute Gasteiger partial charge is 0.449 e. The highest BCUT2D eigenvalue weighted by atomic mass is 35.5. The van der Waals surface area contributed by atoms with Crippen molar-refractivity contribution < 1.29 is 9.53 Å². The van der Waals surface area contributed by atoms with Crippen LogP contribution < -0.4 is 5.32 Å². The number of nitrogens with zero attached hydrogens (tertiary/aromatic N) is 1. The number of alkyl halides is 1. The fourth-order valence-electron chi connectivity index (χ4n) is 1.36. The molecular formula is C13H15ClN2O2. The Balaban J connectivity index is 2.29. The molecule has 1 aromatic carbocycles. The maximum Gasteiger partial charge on any atom is 0.411 e. The van der Waals surface area contributed by atoms with Crippen LogP contribution in [0.25, 0.3) is 0 Å². The Morgan fingerprint density at radius 2 is 2.22 bits per heavy atom. The molecule has 5 heteroatoms. The Hall–Kier alpha value is -1.73. The second kappa shape index (κ2) is 8.37. The van der Waals surface area contributed by atoms with Gasteiger partial charge in [-0.3, -0.25) is 5.32 Å². The highest BCUT2D eigenvalue weighted by molar-refractivity contribution is 6.17. The highest BCUT2D eigenvalue weighted by Crippen LogP contribution is 2.10. The van der Waals surface area contributed by atoms with Gasteiger partial charge in [-0.25, -0.2) is 4.79 Å². The van der Waals surface area contributed by atoms with Crippen molar-refractivity contribution in [2.75, 3.05) is 17.8 Å². The average molecular weight is 267 g/mol. The van der Waals surface area contributed by atoms with Crippen molar-refractivity contribution in [3.05, 3.63) is 29.8 Å². The van der Waals surface area contributed by atoms with Gasteiger partial charge in [-0.15, -0.1) is 11.6 Å². The van der Waals surface area contributed by atoms with Crippen LogP contribution in [0.4, 0.5) is 10.5 Å². The maximum absolute atomic E-state index is 11.4. The molecule has 18 heavy (non-hydrogen) atoms. The van der Waals surface area contributed by atoms with Gasteiger partial charge >= 0.3 is 6.09 Å². The van der Waals surface area contributed by atoms with E-state index in [1.165, 1.54) is 0 Å². The van der Waals surface area contributed by atoms with Gasteiger partial charge in [-0.2, -0.15) is 5.26 Å². The number of amides is 1. The lowest BCUT2D eigenvalue weighted by Crippen LogP contribution is -2.14. The predicted molar refractivity (Wildman–Crippen MR) is 70.7 cm³/mol. The summed E-state index contributed by atoms with van der Waals surface area (Å²) in [5.41, 5.74) is 1.05. The lowest BCUT2D eigenvalue weighted by atomic mass is 10.2. The fraction of sp³-hybridized carbons (Fsp3) is 0.385. The number of halogens is 1. The van der Waals surface area contributed by atoms with Gasteiger partial charge in [0.2, 0.25) is 0 Å². The van der Waals surface area contributed by atoms with Gasteiger partial charge in [0.05, 0.1) is 18.2 Å². The molecule has 0 unspecified atom stereocenters. The third-order valence-corrected chi connectivity index (χ3v) is 2.52. The van der Waals surface area contributed by atoms with E-state index in [1.54, 1.807) is 24.3 Å². The molecule has 0 fully saturated rings. The Kier molecular flexibility index (Phi) is 6.67. The number of unbranched alkanes of at least 4 members (excludes halogenated alkanes) is 2. The summed E-state index contributed by atoms with van der Waals surface area (Å²) < 4.78 is 4.99. The Morgan fingerprint density at radius 3 is 2.94 bits per heavy atom. The first-order chi connectivity index (χ1) is 8.76. The molecule has 0 saturated carbocycles. The topological polar surface area (TPSA) is 62.1 Å². The normalized spacial score (nSPS) is 9.56. The molecule has 4 nitrogen and oxygen atoms in total. The quantitative estimate of drug-likeness (QED) is 0.633. The minimum atomic E-state index is -0.504. The maximum atomic E-state index is 11.4. The van der Waals surface area contributed by atoms with E-state index in [1.807, 2.05) is 6.07 Å². The van der Waals surface area contributed by atoms with Crippen LogP contribution in [0, 0.1) is 11.3 Å². The second-order valence-corrected chi connectivity index (χ2v) is 4.08. The summed E-state index contributed by atoms with van der Waals surface area (Å²) >= 11 is 5.53. The van der Waals surface area contributed by atoms with Gasteiger partial charge in [-0.05, 0) is 37.5 Å². The Labute approximate surface area is 112 Å². The van der Waals surface area contributed by atoms with Crippen molar-refractivity contribution in [2.45, 2.75) is 19.3 Å². The van der Waals surface area contributed by atoms with Crippen molar-refractivity contribution in [1.29, 1.82) is 5.26 Å². The number of carbonyl (C=O) groups is 1. The van der Waals surface area contributed by atoms with Gasteiger partial charge in [0, 0.05) is 11.6 Å². The third-order valence-electron chi connectivity index (χ3n) is 2.25. The molecular weight excluding hydrogens is 252 g/mol. The standard InChI is InChI=1S/C13H15ClN2O2/c14-7-2-1-3-8-18-13(17)16-12-6-4-5-11(9-12)10-15/h4-6,9H,1-3,7-8H2,(H,16,17). The van der Waals surface area contributed by atoms with E-state index in [0.717, 1.165) is 19.3 Å². The van der Waals surface area contributed by atoms with Crippen molar-refractivity contribution in [1.82, 2.24) is 0 Å². The summed E-state index contributed by atoms with van der Waals surface area (Å²) in [6, 6.07) is 8.67. The Bertz CT molecular complexity index is 429. The number of hydrogen-bond acceptors (Lipinski definition) is 3. The zero-order chi connectivity index (χ0) is 13.2. The van der Waals surface area contributed by atoms with Gasteiger partial charge in [0.15, 0.2) is 0 Å². The van der Waals surface area contributed by atoms with Gasteiger partial charge in [0.25, 0.3) is 0 Å². The van der Waals surface area contributed by atoms with Gasteiger partial charge in [0.1, 0.15) is 0 Å².